The number of rotatable bonds is 3. The minimum Gasteiger partial charge on any atom is -0.457 e. The number of fused-ring (bicyclic) bond motifs is 1. The van der Waals surface area contributed by atoms with Gasteiger partial charge < -0.3 is 10.2 Å². The number of halogens is 1. The van der Waals surface area contributed by atoms with E-state index in [2.05, 4.69) is 12.0 Å². The lowest BCUT2D eigenvalue weighted by atomic mass is 10.1. The first-order valence-electron chi connectivity index (χ1n) is 6.56. The van der Waals surface area contributed by atoms with Crippen molar-refractivity contribution < 1.29 is 4.42 Å². The smallest absolute Gasteiger partial charge is 0.152 e. The van der Waals surface area contributed by atoms with Gasteiger partial charge in [-0.2, -0.15) is 5.10 Å². The minimum absolute atomic E-state index is 0.351. The number of hydrogen-bond donors (Lipinski definition) is 1. The summed E-state index contributed by atoms with van der Waals surface area (Å²) < 4.78 is 7.62. The Morgan fingerprint density at radius 3 is 2.85 bits per heavy atom. The second-order valence-corrected chi connectivity index (χ2v) is 5.23. The molecule has 0 aliphatic rings. The molecule has 0 aliphatic heterocycles. The highest BCUT2D eigenvalue weighted by molar-refractivity contribution is 6.34. The van der Waals surface area contributed by atoms with Gasteiger partial charge in [0.15, 0.2) is 5.58 Å². The largest absolute Gasteiger partial charge is 0.457 e. The van der Waals surface area contributed by atoms with E-state index in [0.29, 0.717) is 16.4 Å². The lowest BCUT2D eigenvalue weighted by Crippen LogP contribution is -2.15. The van der Waals surface area contributed by atoms with Crippen LogP contribution in [0.15, 0.2) is 34.7 Å². The standard InChI is InChI=1S/C15H16ClN3O/c1-3-10-8-12(19(2)18-10)14(17)13-7-9-5-4-6-11(16)15(9)20-13/h4-8,14H,3,17H2,1-2H3. The average molecular weight is 290 g/mol. The number of para-hydroxylation sites is 1. The van der Waals surface area contributed by atoms with Crippen LogP contribution in [0.2, 0.25) is 5.02 Å². The molecule has 104 valence electrons. The summed E-state index contributed by atoms with van der Waals surface area (Å²) in [6.07, 6.45) is 0.881. The van der Waals surface area contributed by atoms with Crippen LogP contribution in [0, 0.1) is 0 Å². The molecule has 0 bridgehead atoms. The molecule has 3 rings (SSSR count). The normalized spacial score (nSPS) is 13.0. The first kappa shape index (κ1) is 13.2. The van der Waals surface area contributed by atoms with Gasteiger partial charge in [0.05, 0.1) is 16.4 Å². The van der Waals surface area contributed by atoms with Crippen LogP contribution in [0.25, 0.3) is 11.0 Å². The van der Waals surface area contributed by atoms with E-state index in [-0.39, 0.29) is 6.04 Å². The molecule has 5 heteroatoms. The molecular weight excluding hydrogens is 274 g/mol. The maximum atomic E-state index is 6.30. The summed E-state index contributed by atoms with van der Waals surface area (Å²) in [7, 11) is 1.89. The van der Waals surface area contributed by atoms with Gasteiger partial charge in [0.1, 0.15) is 11.8 Å². The summed E-state index contributed by atoms with van der Waals surface area (Å²) in [5.41, 5.74) is 8.93. The molecule has 0 amide bonds. The topological polar surface area (TPSA) is 57.0 Å². The van der Waals surface area contributed by atoms with Crippen molar-refractivity contribution in [3.05, 3.63) is 52.5 Å². The van der Waals surface area contributed by atoms with Gasteiger partial charge in [-0.1, -0.05) is 30.7 Å². The molecule has 0 saturated carbocycles. The van der Waals surface area contributed by atoms with E-state index in [0.717, 1.165) is 23.2 Å². The van der Waals surface area contributed by atoms with Crippen LogP contribution >= 0.6 is 11.6 Å². The molecule has 1 unspecified atom stereocenters. The SMILES string of the molecule is CCc1cc(C(N)c2cc3cccc(Cl)c3o2)n(C)n1. The van der Waals surface area contributed by atoms with E-state index in [4.69, 9.17) is 21.8 Å². The number of hydrogen-bond acceptors (Lipinski definition) is 3. The van der Waals surface area contributed by atoms with Gasteiger partial charge in [0.25, 0.3) is 0 Å². The van der Waals surface area contributed by atoms with Crippen molar-refractivity contribution in [1.29, 1.82) is 0 Å². The van der Waals surface area contributed by atoms with E-state index >= 15 is 0 Å². The van der Waals surface area contributed by atoms with E-state index in [1.807, 2.05) is 37.4 Å². The third-order valence-electron chi connectivity index (χ3n) is 3.47. The molecular formula is C15H16ClN3O. The summed E-state index contributed by atoms with van der Waals surface area (Å²) in [6, 6.07) is 9.26. The summed E-state index contributed by atoms with van der Waals surface area (Å²) in [4.78, 5) is 0. The zero-order valence-corrected chi connectivity index (χ0v) is 12.2. The molecule has 1 aromatic carbocycles. The molecule has 2 heterocycles. The first-order chi connectivity index (χ1) is 9.60. The molecule has 1 atom stereocenters. The van der Waals surface area contributed by atoms with Crippen molar-refractivity contribution in [1.82, 2.24) is 9.78 Å². The van der Waals surface area contributed by atoms with Crippen LogP contribution in [0.4, 0.5) is 0 Å². The molecule has 0 fully saturated rings. The van der Waals surface area contributed by atoms with Gasteiger partial charge in [-0.15, -0.1) is 0 Å². The Morgan fingerprint density at radius 2 is 2.20 bits per heavy atom. The fraction of sp³-hybridized carbons (Fsp3) is 0.267. The van der Waals surface area contributed by atoms with Gasteiger partial charge in [0, 0.05) is 12.4 Å². The third kappa shape index (κ3) is 2.11. The molecule has 2 aromatic heterocycles. The Labute approximate surface area is 122 Å². The monoisotopic (exact) mass is 289 g/mol. The Balaban J connectivity index is 2.05. The second kappa shape index (κ2) is 4.96. The van der Waals surface area contributed by atoms with Gasteiger partial charge >= 0.3 is 0 Å². The maximum Gasteiger partial charge on any atom is 0.152 e. The predicted molar refractivity (Wildman–Crippen MR) is 79.8 cm³/mol. The van der Waals surface area contributed by atoms with Gasteiger partial charge in [-0.25, -0.2) is 0 Å². The molecule has 0 aliphatic carbocycles. The van der Waals surface area contributed by atoms with Crippen molar-refractivity contribution in [3.63, 3.8) is 0 Å². The van der Waals surface area contributed by atoms with Crippen LogP contribution in [0.1, 0.15) is 30.1 Å². The van der Waals surface area contributed by atoms with Gasteiger partial charge in [-0.05, 0) is 24.6 Å². The fourth-order valence-electron chi connectivity index (χ4n) is 2.35. The summed E-state index contributed by atoms with van der Waals surface area (Å²) in [5, 5.41) is 5.97. The zero-order valence-electron chi connectivity index (χ0n) is 11.4. The Hall–Kier alpha value is -1.78. The highest BCUT2D eigenvalue weighted by atomic mass is 35.5. The lowest BCUT2D eigenvalue weighted by Gasteiger charge is -2.08. The van der Waals surface area contributed by atoms with E-state index < -0.39 is 0 Å². The fourth-order valence-corrected chi connectivity index (χ4v) is 2.57. The number of benzene rings is 1. The minimum atomic E-state index is -0.351. The van der Waals surface area contributed by atoms with Crippen molar-refractivity contribution in [2.24, 2.45) is 12.8 Å². The van der Waals surface area contributed by atoms with E-state index in [1.165, 1.54) is 0 Å². The molecule has 20 heavy (non-hydrogen) atoms. The molecule has 4 nitrogen and oxygen atoms in total. The number of aromatic nitrogens is 2. The molecule has 0 spiro atoms. The van der Waals surface area contributed by atoms with Crippen molar-refractivity contribution in [3.8, 4) is 0 Å². The Bertz CT molecular complexity index is 760. The molecule has 0 radical (unpaired) electrons. The van der Waals surface area contributed by atoms with Crippen LogP contribution in [0.5, 0.6) is 0 Å². The van der Waals surface area contributed by atoms with Crippen molar-refractivity contribution in [2.75, 3.05) is 0 Å². The Kier molecular flexibility index (Phi) is 3.28. The first-order valence-corrected chi connectivity index (χ1v) is 6.94. The predicted octanol–water partition coefficient (Wildman–Crippen LogP) is 3.43. The van der Waals surface area contributed by atoms with Crippen molar-refractivity contribution >= 4 is 22.6 Å². The second-order valence-electron chi connectivity index (χ2n) is 4.82. The average Bonchev–Trinajstić information content (AvgIpc) is 3.02. The zero-order chi connectivity index (χ0) is 14.3. The van der Waals surface area contributed by atoms with Crippen molar-refractivity contribution in [2.45, 2.75) is 19.4 Å². The summed E-state index contributed by atoms with van der Waals surface area (Å²) >= 11 is 6.13. The van der Waals surface area contributed by atoms with E-state index in [1.54, 1.807) is 4.68 Å². The highest BCUT2D eigenvalue weighted by Crippen LogP contribution is 2.31. The Morgan fingerprint density at radius 1 is 1.40 bits per heavy atom. The number of furan rings is 1. The van der Waals surface area contributed by atoms with Crippen LogP contribution < -0.4 is 5.73 Å². The lowest BCUT2D eigenvalue weighted by molar-refractivity contribution is 0.509. The third-order valence-corrected chi connectivity index (χ3v) is 3.77. The highest BCUT2D eigenvalue weighted by Gasteiger charge is 2.19. The maximum absolute atomic E-state index is 6.30. The van der Waals surface area contributed by atoms with Gasteiger partial charge in [0.2, 0.25) is 0 Å². The van der Waals surface area contributed by atoms with E-state index in [9.17, 15) is 0 Å². The van der Waals surface area contributed by atoms with Crippen LogP contribution in [-0.4, -0.2) is 9.78 Å². The van der Waals surface area contributed by atoms with Crippen LogP contribution in [-0.2, 0) is 13.5 Å². The van der Waals surface area contributed by atoms with Crippen LogP contribution in [0.3, 0.4) is 0 Å². The number of aryl methyl sites for hydroxylation is 2. The summed E-state index contributed by atoms with van der Waals surface area (Å²) in [6.45, 7) is 2.07. The molecule has 2 N–H and O–H groups in total. The quantitative estimate of drug-likeness (QED) is 0.803. The summed E-state index contributed by atoms with van der Waals surface area (Å²) in [5.74, 6) is 0.693. The number of nitrogens with two attached hydrogens (primary N) is 1. The molecule has 0 saturated heterocycles. The van der Waals surface area contributed by atoms with Gasteiger partial charge in [-0.3, -0.25) is 4.68 Å². The molecule has 3 aromatic rings. The number of nitrogens with zero attached hydrogens (tertiary/aromatic N) is 2.